The Balaban J connectivity index is 2.24. The zero-order valence-electron chi connectivity index (χ0n) is 17.1. The summed E-state index contributed by atoms with van der Waals surface area (Å²) in [5.41, 5.74) is 3.18. The molecule has 0 saturated carbocycles. The lowest BCUT2D eigenvalue weighted by atomic mass is 10.2. The molecule has 0 aliphatic rings. The second kappa shape index (κ2) is 11.7. The third-order valence-electron chi connectivity index (χ3n) is 5.07. The van der Waals surface area contributed by atoms with E-state index in [4.69, 9.17) is 9.16 Å². The standard InChI is InChI=1S/C22H38O2Si/c1-19(2)25(20(3)4,21(5)6)24-17-13-8-7-12-16-23-18-22-14-10-9-11-15-22/h8-11,13-15,19-21H,7,12,16-18H2,1-6H3/b13-8-. The van der Waals surface area contributed by atoms with Gasteiger partial charge in [0.25, 0.3) is 0 Å². The number of unbranched alkanes of at least 4 members (excludes halogenated alkanes) is 1. The maximum absolute atomic E-state index is 6.52. The summed E-state index contributed by atoms with van der Waals surface area (Å²) in [6, 6.07) is 10.3. The number of hydrogen-bond acceptors (Lipinski definition) is 2. The fourth-order valence-electron chi connectivity index (χ4n) is 3.95. The molecule has 0 aliphatic carbocycles. The molecule has 0 aliphatic heterocycles. The van der Waals surface area contributed by atoms with Crippen molar-refractivity contribution < 1.29 is 9.16 Å². The van der Waals surface area contributed by atoms with Crippen LogP contribution in [0.2, 0.25) is 16.6 Å². The van der Waals surface area contributed by atoms with Crippen molar-refractivity contribution in [1.29, 1.82) is 0 Å². The zero-order valence-corrected chi connectivity index (χ0v) is 18.1. The van der Waals surface area contributed by atoms with Gasteiger partial charge in [-0.3, -0.25) is 0 Å². The highest BCUT2D eigenvalue weighted by atomic mass is 28.4. The summed E-state index contributed by atoms with van der Waals surface area (Å²) in [4.78, 5) is 0. The van der Waals surface area contributed by atoms with E-state index in [1.54, 1.807) is 0 Å². The van der Waals surface area contributed by atoms with E-state index in [-0.39, 0.29) is 0 Å². The minimum atomic E-state index is -1.72. The van der Waals surface area contributed by atoms with Crippen molar-refractivity contribution in [2.75, 3.05) is 13.2 Å². The molecule has 142 valence electrons. The fourth-order valence-corrected chi connectivity index (χ4v) is 9.33. The van der Waals surface area contributed by atoms with Crippen LogP contribution in [0.25, 0.3) is 0 Å². The summed E-state index contributed by atoms with van der Waals surface area (Å²) < 4.78 is 12.2. The maximum atomic E-state index is 6.52. The van der Waals surface area contributed by atoms with Crippen LogP contribution in [-0.4, -0.2) is 21.5 Å². The quantitative estimate of drug-likeness (QED) is 0.233. The summed E-state index contributed by atoms with van der Waals surface area (Å²) in [7, 11) is -1.72. The highest BCUT2D eigenvalue weighted by Gasteiger charge is 2.44. The van der Waals surface area contributed by atoms with E-state index < -0.39 is 8.32 Å². The third-order valence-corrected chi connectivity index (χ3v) is 11.2. The molecular weight excluding hydrogens is 324 g/mol. The Labute approximate surface area is 156 Å². The van der Waals surface area contributed by atoms with Crippen molar-refractivity contribution >= 4 is 8.32 Å². The van der Waals surface area contributed by atoms with Gasteiger partial charge in [0.2, 0.25) is 8.32 Å². The second-order valence-electron chi connectivity index (χ2n) is 7.78. The number of allylic oxidation sites excluding steroid dienone is 1. The largest absolute Gasteiger partial charge is 0.412 e. The van der Waals surface area contributed by atoms with Gasteiger partial charge in [-0.25, -0.2) is 0 Å². The van der Waals surface area contributed by atoms with E-state index in [0.29, 0.717) is 23.2 Å². The van der Waals surface area contributed by atoms with Crippen LogP contribution in [0.5, 0.6) is 0 Å². The van der Waals surface area contributed by atoms with Gasteiger partial charge in [0.15, 0.2) is 0 Å². The van der Waals surface area contributed by atoms with Gasteiger partial charge < -0.3 is 9.16 Å². The van der Waals surface area contributed by atoms with Crippen LogP contribution in [0.3, 0.4) is 0 Å². The van der Waals surface area contributed by atoms with Gasteiger partial charge in [-0.1, -0.05) is 84.0 Å². The van der Waals surface area contributed by atoms with Crippen molar-refractivity contribution in [2.24, 2.45) is 0 Å². The Morgan fingerprint density at radius 1 is 0.880 bits per heavy atom. The van der Waals surface area contributed by atoms with Crippen LogP contribution >= 0.6 is 0 Å². The molecule has 0 saturated heterocycles. The van der Waals surface area contributed by atoms with E-state index >= 15 is 0 Å². The lowest BCUT2D eigenvalue weighted by Crippen LogP contribution is -2.47. The van der Waals surface area contributed by atoms with Gasteiger partial charge in [-0.15, -0.1) is 0 Å². The Hall–Kier alpha value is -0.903. The smallest absolute Gasteiger partial charge is 0.200 e. The van der Waals surface area contributed by atoms with Gasteiger partial charge in [-0.2, -0.15) is 0 Å². The van der Waals surface area contributed by atoms with Crippen molar-refractivity contribution in [3.63, 3.8) is 0 Å². The number of hydrogen-bond donors (Lipinski definition) is 0. The molecule has 0 bridgehead atoms. The summed E-state index contributed by atoms with van der Waals surface area (Å²) in [6.45, 7) is 16.3. The van der Waals surface area contributed by atoms with E-state index in [1.165, 1.54) is 5.56 Å². The average Bonchev–Trinajstić information content (AvgIpc) is 2.56. The lowest BCUT2D eigenvalue weighted by molar-refractivity contribution is 0.119. The highest BCUT2D eigenvalue weighted by Crippen LogP contribution is 2.42. The minimum Gasteiger partial charge on any atom is -0.412 e. The molecule has 1 rings (SSSR count). The van der Waals surface area contributed by atoms with Crippen LogP contribution in [0.1, 0.15) is 59.9 Å². The Bertz CT molecular complexity index is 458. The first kappa shape index (κ1) is 22.1. The molecular formula is C22H38O2Si. The van der Waals surface area contributed by atoms with Gasteiger partial charge in [0.1, 0.15) is 0 Å². The number of rotatable bonds is 12. The Morgan fingerprint density at radius 3 is 2.04 bits per heavy atom. The number of benzene rings is 1. The van der Waals surface area contributed by atoms with Gasteiger partial charge >= 0.3 is 0 Å². The minimum absolute atomic E-state index is 0.646. The molecule has 0 N–H and O–H groups in total. The van der Waals surface area contributed by atoms with E-state index in [2.05, 4.69) is 78.0 Å². The Morgan fingerprint density at radius 2 is 1.48 bits per heavy atom. The molecule has 0 amide bonds. The molecule has 3 heteroatoms. The Kier molecular flexibility index (Phi) is 10.3. The van der Waals surface area contributed by atoms with Crippen molar-refractivity contribution in [2.45, 2.75) is 77.6 Å². The first-order valence-corrected chi connectivity index (χ1v) is 12.0. The first-order chi connectivity index (χ1) is 11.9. The lowest BCUT2D eigenvalue weighted by Gasteiger charge is -2.41. The van der Waals surface area contributed by atoms with Crippen LogP contribution in [0.15, 0.2) is 42.5 Å². The highest BCUT2D eigenvalue weighted by molar-refractivity contribution is 6.77. The molecule has 0 spiro atoms. The molecule has 0 atom stereocenters. The molecule has 0 heterocycles. The van der Waals surface area contributed by atoms with Crippen molar-refractivity contribution in [3.8, 4) is 0 Å². The van der Waals surface area contributed by atoms with Crippen molar-refractivity contribution in [3.05, 3.63) is 48.0 Å². The average molecular weight is 363 g/mol. The molecule has 25 heavy (non-hydrogen) atoms. The molecule has 0 unspecified atom stereocenters. The zero-order chi connectivity index (χ0) is 18.7. The molecule has 0 aromatic heterocycles. The first-order valence-electron chi connectivity index (χ1n) is 9.81. The predicted octanol–water partition coefficient (Wildman–Crippen LogP) is 6.73. The summed E-state index contributed by atoms with van der Waals surface area (Å²) in [5, 5.41) is 0. The molecule has 0 fully saturated rings. The molecule has 1 aromatic carbocycles. The maximum Gasteiger partial charge on any atom is 0.200 e. The molecule has 0 radical (unpaired) electrons. The molecule has 1 aromatic rings. The van der Waals surface area contributed by atoms with Crippen LogP contribution in [0.4, 0.5) is 0 Å². The van der Waals surface area contributed by atoms with Gasteiger partial charge in [-0.05, 0) is 35.0 Å². The van der Waals surface area contributed by atoms with E-state index in [0.717, 1.165) is 26.1 Å². The normalized spacial score (nSPS) is 12.8. The fraction of sp³-hybridized carbons (Fsp3) is 0.636. The third kappa shape index (κ3) is 7.08. The second-order valence-corrected chi connectivity index (χ2v) is 13.2. The van der Waals surface area contributed by atoms with Gasteiger partial charge in [0, 0.05) is 6.61 Å². The summed E-state index contributed by atoms with van der Waals surface area (Å²) in [6.07, 6.45) is 6.56. The van der Waals surface area contributed by atoms with E-state index in [1.807, 2.05) is 6.07 Å². The van der Waals surface area contributed by atoms with E-state index in [9.17, 15) is 0 Å². The topological polar surface area (TPSA) is 18.5 Å². The number of ether oxygens (including phenoxy) is 1. The summed E-state index contributed by atoms with van der Waals surface area (Å²) in [5.74, 6) is 0. The van der Waals surface area contributed by atoms with Crippen LogP contribution < -0.4 is 0 Å². The molecule has 2 nitrogen and oxygen atoms in total. The predicted molar refractivity (Wildman–Crippen MR) is 111 cm³/mol. The van der Waals surface area contributed by atoms with Crippen LogP contribution in [0, 0.1) is 0 Å². The summed E-state index contributed by atoms with van der Waals surface area (Å²) >= 11 is 0. The van der Waals surface area contributed by atoms with Gasteiger partial charge in [0.05, 0.1) is 13.2 Å². The monoisotopic (exact) mass is 362 g/mol. The van der Waals surface area contributed by atoms with Crippen molar-refractivity contribution in [1.82, 2.24) is 0 Å². The van der Waals surface area contributed by atoms with Crippen LogP contribution in [-0.2, 0) is 15.8 Å². The SMILES string of the molecule is CC(C)[Si](OC/C=C\CCCOCc1ccccc1)(C(C)C)C(C)C.